The van der Waals surface area contributed by atoms with E-state index < -0.39 is 0 Å². The second-order valence-electron chi connectivity index (χ2n) is 14.6. The third-order valence-electron chi connectivity index (χ3n) is 9.79. The Morgan fingerprint density at radius 2 is 0.600 bits per heavy atom. The summed E-state index contributed by atoms with van der Waals surface area (Å²) in [6.45, 7) is 11.1. The Hall–Kier alpha value is -0.560. The van der Waals surface area contributed by atoms with Crippen molar-refractivity contribution in [2.24, 2.45) is 11.8 Å². The quantitative estimate of drug-likeness (QED) is 0.0487. The van der Waals surface area contributed by atoms with Crippen LogP contribution in [-0.2, 0) is 4.74 Å². The molecular formula is C44H86O. The Morgan fingerprint density at radius 3 is 0.911 bits per heavy atom. The second-order valence-corrected chi connectivity index (χ2v) is 14.6. The van der Waals surface area contributed by atoms with Crippen molar-refractivity contribution < 1.29 is 4.74 Å². The van der Waals surface area contributed by atoms with Crippen molar-refractivity contribution in [2.75, 3.05) is 13.2 Å². The molecule has 0 aliphatic carbocycles. The summed E-state index contributed by atoms with van der Waals surface area (Å²) >= 11 is 0. The Morgan fingerprint density at radius 1 is 0.333 bits per heavy atom. The van der Waals surface area contributed by atoms with E-state index in [1.165, 1.54) is 205 Å². The van der Waals surface area contributed by atoms with Crippen molar-refractivity contribution in [1.29, 1.82) is 0 Å². The lowest BCUT2D eigenvalue weighted by molar-refractivity contribution is 0.0875. The Labute approximate surface area is 286 Å². The third-order valence-corrected chi connectivity index (χ3v) is 9.79. The van der Waals surface area contributed by atoms with Gasteiger partial charge in [-0.3, -0.25) is 0 Å². The molecule has 45 heavy (non-hydrogen) atoms. The van der Waals surface area contributed by atoms with E-state index in [2.05, 4.69) is 52.0 Å². The fourth-order valence-corrected chi connectivity index (χ4v) is 6.58. The molecule has 0 N–H and O–H groups in total. The monoisotopic (exact) mass is 631 g/mol. The first-order valence-electron chi connectivity index (χ1n) is 21.2. The van der Waals surface area contributed by atoms with Gasteiger partial charge in [-0.15, -0.1) is 0 Å². The topological polar surface area (TPSA) is 9.23 Å². The molecule has 0 bridgehead atoms. The van der Waals surface area contributed by atoms with Gasteiger partial charge in [0.25, 0.3) is 0 Å². The molecule has 0 aromatic heterocycles. The molecule has 0 amide bonds. The standard InChI is InChI=1S/C44H86O/c1-5-9-13-17-21-23-25-27-31-35-39-43(37-33-29-19-15-11-7-3)41-45-42-44(38-34-30-20-16-12-8-4)40-36-32-28-26-24-22-18-14-10-6-2/h35-36,39-40,43-44H,5-34,37-38,41-42H2,1-4H3. The highest BCUT2D eigenvalue weighted by Gasteiger charge is 2.10. The molecule has 0 rings (SSSR count). The molecule has 2 unspecified atom stereocenters. The van der Waals surface area contributed by atoms with E-state index in [0.29, 0.717) is 11.8 Å². The van der Waals surface area contributed by atoms with Crippen LogP contribution in [0.4, 0.5) is 0 Å². The summed E-state index contributed by atoms with van der Waals surface area (Å²) in [5, 5.41) is 0. The van der Waals surface area contributed by atoms with Gasteiger partial charge in [0.15, 0.2) is 0 Å². The molecule has 0 aromatic carbocycles. The molecule has 0 heterocycles. The van der Waals surface area contributed by atoms with Crippen LogP contribution in [0, 0.1) is 11.8 Å². The van der Waals surface area contributed by atoms with Crippen LogP contribution in [0.1, 0.15) is 233 Å². The minimum Gasteiger partial charge on any atom is -0.380 e. The van der Waals surface area contributed by atoms with Gasteiger partial charge in [0.1, 0.15) is 0 Å². The van der Waals surface area contributed by atoms with Crippen LogP contribution in [-0.4, -0.2) is 13.2 Å². The van der Waals surface area contributed by atoms with Gasteiger partial charge in [0.05, 0.1) is 13.2 Å². The summed E-state index contributed by atoms with van der Waals surface area (Å²) in [5.41, 5.74) is 0. The van der Waals surface area contributed by atoms with Crippen molar-refractivity contribution in [1.82, 2.24) is 0 Å². The number of unbranched alkanes of at least 4 members (excludes halogenated alkanes) is 26. The van der Waals surface area contributed by atoms with E-state index in [1.54, 1.807) is 0 Å². The van der Waals surface area contributed by atoms with Crippen molar-refractivity contribution in [3.8, 4) is 0 Å². The lowest BCUT2D eigenvalue weighted by atomic mass is 9.98. The molecule has 1 heteroatoms. The van der Waals surface area contributed by atoms with Crippen LogP contribution >= 0.6 is 0 Å². The zero-order chi connectivity index (χ0) is 32.7. The average Bonchev–Trinajstić information content (AvgIpc) is 3.05. The first-order chi connectivity index (χ1) is 22.3. The summed E-state index contributed by atoms with van der Waals surface area (Å²) in [6, 6.07) is 0. The van der Waals surface area contributed by atoms with E-state index in [0.717, 1.165) is 13.2 Å². The van der Waals surface area contributed by atoms with Crippen LogP contribution in [0.15, 0.2) is 24.3 Å². The van der Waals surface area contributed by atoms with Crippen molar-refractivity contribution in [3.63, 3.8) is 0 Å². The van der Waals surface area contributed by atoms with Gasteiger partial charge in [-0.25, -0.2) is 0 Å². The van der Waals surface area contributed by atoms with Crippen LogP contribution in [0.3, 0.4) is 0 Å². The van der Waals surface area contributed by atoms with E-state index in [4.69, 9.17) is 4.74 Å². The first kappa shape index (κ1) is 44.4. The maximum absolute atomic E-state index is 6.53. The van der Waals surface area contributed by atoms with Gasteiger partial charge >= 0.3 is 0 Å². The van der Waals surface area contributed by atoms with Gasteiger partial charge in [0, 0.05) is 11.8 Å². The average molecular weight is 631 g/mol. The van der Waals surface area contributed by atoms with Crippen molar-refractivity contribution >= 4 is 0 Å². The first-order valence-corrected chi connectivity index (χ1v) is 21.2. The molecule has 0 aliphatic rings. The normalized spacial score (nSPS) is 13.4. The highest BCUT2D eigenvalue weighted by Crippen LogP contribution is 2.19. The van der Waals surface area contributed by atoms with Crippen molar-refractivity contribution in [3.05, 3.63) is 24.3 Å². The van der Waals surface area contributed by atoms with E-state index in [9.17, 15) is 0 Å². The molecule has 0 radical (unpaired) electrons. The Bertz CT molecular complexity index is 528. The van der Waals surface area contributed by atoms with Gasteiger partial charge in [-0.05, 0) is 38.5 Å². The lowest BCUT2D eigenvalue weighted by Gasteiger charge is -2.17. The molecule has 0 spiro atoms. The van der Waals surface area contributed by atoms with E-state index in [1.807, 2.05) is 0 Å². The van der Waals surface area contributed by atoms with Crippen molar-refractivity contribution in [2.45, 2.75) is 233 Å². The minimum absolute atomic E-state index is 0.598. The molecule has 268 valence electrons. The maximum Gasteiger partial charge on any atom is 0.0529 e. The molecule has 0 aromatic rings. The number of hydrogen-bond acceptors (Lipinski definition) is 1. The number of allylic oxidation sites excluding steroid dienone is 2. The van der Waals surface area contributed by atoms with Crippen LogP contribution in [0.2, 0.25) is 0 Å². The van der Waals surface area contributed by atoms with E-state index in [-0.39, 0.29) is 0 Å². The van der Waals surface area contributed by atoms with Gasteiger partial charge in [0.2, 0.25) is 0 Å². The zero-order valence-corrected chi connectivity index (χ0v) is 31.9. The predicted octanol–water partition coefficient (Wildman–Crippen LogP) is 15.9. The predicted molar refractivity (Wildman–Crippen MR) is 207 cm³/mol. The molecule has 0 saturated heterocycles. The molecule has 2 atom stereocenters. The largest absolute Gasteiger partial charge is 0.380 e. The summed E-state index contributed by atoms with van der Waals surface area (Å²) in [7, 11) is 0. The van der Waals surface area contributed by atoms with E-state index >= 15 is 0 Å². The third kappa shape index (κ3) is 36.1. The summed E-state index contributed by atoms with van der Waals surface area (Å²) < 4.78 is 6.53. The summed E-state index contributed by atoms with van der Waals surface area (Å²) in [6.07, 6.45) is 54.4. The highest BCUT2D eigenvalue weighted by molar-refractivity contribution is 4.90. The summed E-state index contributed by atoms with van der Waals surface area (Å²) in [4.78, 5) is 0. The Kier molecular flexibility index (Phi) is 39.1. The fourth-order valence-electron chi connectivity index (χ4n) is 6.58. The van der Waals surface area contributed by atoms with Gasteiger partial charge in [-0.1, -0.05) is 219 Å². The summed E-state index contributed by atoms with van der Waals surface area (Å²) in [5.74, 6) is 1.20. The Balaban J connectivity index is 4.64. The van der Waals surface area contributed by atoms with Crippen LogP contribution in [0.5, 0.6) is 0 Å². The molecule has 0 fully saturated rings. The second kappa shape index (κ2) is 39.6. The maximum atomic E-state index is 6.53. The number of ether oxygens (including phenoxy) is 1. The zero-order valence-electron chi connectivity index (χ0n) is 31.9. The fraction of sp³-hybridized carbons (Fsp3) is 0.909. The number of hydrogen-bond donors (Lipinski definition) is 0. The smallest absolute Gasteiger partial charge is 0.0529 e. The minimum atomic E-state index is 0.598. The SMILES string of the molecule is CCCCCCCCCCC=CC(CCCCCCCC)COCC(C=CCCCCCCCCCC)CCCCCCCC. The van der Waals surface area contributed by atoms with Gasteiger partial charge in [-0.2, -0.15) is 0 Å². The lowest BCUT2D eigenvalue weighted by Crippen LogP contribution is -2.13. The van der Waals surface area contributed by atoms with Gasteiger partial charge < -0.3 is 4.74 Å². The highest BCUT2D eigenvalue weighted by atomic mass is 16.5. The molecular weight excluding hydrogens is 544 g/mol. The molecule has 0 aliphatic heterocycles. The number of rotatable bonds is 38. The van der Waals surface area contributed by atoms with Crippen LogP contribution < -0.4 is 0 Å². The van der Waals surface area contributed by atoms with Crippen LogP contribution in [0.25, 0.3) is 0 Å². The molecule has 0 saturated carbocycles. The molecule has 1 nitrogen and oxygen atoms in total.